The summed E-state index contributed by atoms with van der Waals surface area (Å²) >= 11 is 6.42. The molecular formula is C19H25ClN3O2+. The van der Waals surface area contributed by atoms with Crippen molar-refractivity contribution < 1.29 is 14.4 Å². The number of benzene rings is 1. The van der Waals surface area contributed by atoms with Gasteiger partial charge in [-0.2, -0.15) is 0 Å². The van der Waals surface area contributed by atoms with Crippen LogP contribution in [-0.4, -0.2) is 55.7 Å². The quantitative estimate of drug-likeness (QED) is 0.836. The molecule has 25 heavy (non-hydrogen) atoms. The van der Waals surface area contributed by atoms with E-state index in [1.54, 1.807) is 0 Å². The first kappa shape index (κ1) is 18.1. The van der Waals surface area contributed by atoms with Crippen molar-refractivity contribution in [2.45, 2.75) is 20.4 Å². The second kappa shape index (κ2) is 7.68. The summed E-state index contributed by atoms with van der Waals surface area (Å²) in [5, 5.41) is 1.62. The van der Waals surface area contributed by atoms with Crippen LogP contribution in [-0.2, 0) is 16.1 Å². The van der Waals surface area contributed by atoms with Crippen molar-refractivity contribution in [1.82, 2.24) is 9.88 Å². The predicted molar refractivity (Wildman–Crippen MR) is 99.1 cm³/mol. The summed E-state index contributed by atoms with van der Waals surface area (Å²) in [5.74, 6) is 0.164. The lowest BCUT2D eigenvalue weighted by Crippen LogP contribution is -3.09. The first-order valence-corrected chi connectivity index (χ1v) is 9.05. The molecule has 5 nitrogen and oxygen atoms in total. The molecule has 1 aromatic carbocycles. The van der Waals surface area contributed by atoms with E-state index in [0.717, 1.165) is 26.9 Å². The topological polar surface area (TPSA) is 46.9 Å². The number of aromatic nitrogens is 1. The SMILES string of the molecule is Cc1ccc2cc(C[NH+](C)CC(=O)N3CCOCC3)c(Cl)nc2c1C. The fraction of sp³-hybridized carbons (Fsp3) is 0.474. The van der Waals surface area contributed by atoms with Crippen LogP contribution in [0, 0.1) is 13.8 Å². The number of amides is 1. The minimum Gasteiger partial charge on any atom is -0.378 e. The summed E-state index contributed by atoms with van der Waals surface area (Å²) in [5.41, 5.74) is 4.30. The van der Waals surface area contributed by atoms with Crippen molar-refractivity contribution in [1.29, 1.82) is 0 Å². The molecule has 2 aromatic rings. The lowest BCUT2D eigenvalue weighted by Gasteiger charge is -2.27. The molecule has 0 saturated carbocycles. The van der Waals surface area contributed by atoms with E-state index in [1.165, 1.54) is 5.56 Å². The van der Waals surface area contributed by atoms with Gasteiger partial charge in [-0.25, -0.2) is 4.98 Å². The summed E-state index contributed by atoms with van der Waals surface area (Å²) in [6.45, 7) is 7.89. The van der Waals surface area contributed by atoms with Gasteiger partial charge in [-0.1, -0.05) is 23.7 Å². The van der Waals surface area contributed by atoms with Crippen LogP contribution < -0.4 is 4.90 Å². The first-order chi connectivity index (χ1) is 12.0. The number of ether oxygens (including phenoxy) is 1. The number of morpholine rings is 1. The van der Waals surface area contributed by atoms with Gasteiger partial charge in [-0.05, 0) is 31.0 Å². The van der Waals surface area contributed by atoms with Crippen molar-refractivity contribution >= 4 is 28.4 Å². The molecule has 0 aliphatic carbocycles. The lowest BCUT2D eigenvalue weighted by molar-refractivity contribution is -0.885. The fourth-order valence-electron chi connectivity index (χ4n) is 3.20. The van der Waals surface area contributed by atoms with E-state index in [4.69, 9.17) is 16.3 Å². The van der Waals surface area contributed by atoms with E-state index < -0.39 is 0 Å². The third-order valence-electron chi connectivity index (χ3n) is 4.85. The molecule has 0 radical (unpaired) electrons. The number of carbonyl (C=O) groups is 1. The fourth-order valence-corrected chi connectivity index (χ4v) is 3.40. The molecule has 0 spiro atoms. The van der Waals surface area contributed by atoms with Crippen molar-refractivity contribution in [2.24, 2.45) is 0 Å². The number of pyridine rings is 1. The van der Waals surface area contributed by atoms with Gasteiger partial charge in [-0.15, -0.1) is 0 Å². The molecular weight excluding hydrogens is 338 g/mol. The molecule has 1 aromatic heterocycles. The molecule has 1 aliphatic heterocycles. The van der Waals surface area contributed by atoms with E-state index in [1.807, 2.05) is 11.9 Å². The third-order valence-corrected chi connectivity index (χ3v) is 5.17. The standard InChI is InChI=1S/C19H24ClN3O2/c1-13-4-5-15-10-16(19(20)21-18(15)14(13)2)11-22(3)12-17(24)23-6-8-25-9-7-23/h4-5,10H,6-9,11-12H2,1-3H3/p+1. The number of halogens is 1. The molecule has 3 rings (SSSR count). The van der Waals surface area contributed by atoms with Gasteiger partial charge in [0.05, 0.1) is 25.8 Å². The van der Waals surface area contributed by atoms with Crippen LogP contribution in [0.5, 0.6) is 0 Å². The Morgan fingerprint density at radius 2 is 2.04 bits per heavy atom. The van der Waals surface area contributed by atoms with Crippen LogP contribution in [0.2, 0.25) is 5.15 Å². The molecule has 1 atom stereocenters. The van der Waals surface area contributed by atoms with Crippen molar-refractivity contribution in [3.63, 3.8) is 0 Å². The predicted octanol–water partition coefficient (Wildman–Crippen LogP) is 1.38. The Morgan fingerprint density at radius 1 is 1.32 bits per heavy atom. The summed E-state index contributed by atoms with van der Waals surface area (Å²) in [4.78, 5) is 20.0. The highest BCUT2D eigenvalue weighted by Crippen LogP contribution is 2.24. The van der Waals surface area contributed by atoms with Crippen LogP contribution in [0.15, 0.2) is 18.2 Å². The number of nitrogens with one attached hydrogen (secondary N) is 1. The molecule has 1 unspecified atom stereocenters. The maximum absolute atomic E-state index is 12.4. The smallest absolute Gasteiger partial charge is 0.277 e. The molecule has 134 valence electrons. The largest absolute Gasteiger partial charge is 0.378 e. The highest BCUT2D eigenvalue weighted by Gasteiger charge is 2.21. The van der Waals surface area contributed by atoms with E-state index in [9.17, 15) is 4.79 Å². The molecule has 1 fully saturated rings. The van der Waals surface area contributed by atoms with Crippen LogP contribution in [0.25, 0.3) is 10.9 Å². The molecule has 2 heterocycles. The van der Waals surface area contributed by atoms with Crippen molar-refractivity contribution in [2.75, 3.05) is 39.9 Å². The lowest BCUT2D eigenvalue weighted by atomic mass is 10.0. The number of carbonyl (C=O) groups excluding carboxylic acids is 1. The number of aryl methyl sites for hydroxylation is 2. The number of fused-ring (bicyclic) bond motifs is 1. The minimum absolute atomic E-state index is 0.164. The molecule has 1 amide bonds. The average Bonchev–Trinajstić information content (AvgIpc) is 2.60. The molecule has 6 heteroatoms. The normalized spacial score (nSPS) is 16.2. The third kappa shape index (κ3) is 4.11. The zero-order chi connectivity index (χ0) is 18.0. The van der Waals surface area contributed by atoms with Gasteiger partial charge in [0.15, 0.2) is 6.54 Å². The Kier molecular flexibility index (Phi) is 5.57. The number of hydrogen-bond donors (Lipinski definition) is 1. The molecule has 1 N–H and O–H groups in total. The van der Waals surface area contributed by atoms with Gasteiger partial charge in [0.2, 0.25) is 0 Å². The van der Waals surface area contributed by atoms with Gasteiger partial charge in [0, 0.05) is 24.0 Å². The average molecular weight is 363 g/mol. The van der Waals surface area contributed by atoms with Gasteiger partial charge in [-0.3, -0.25) is 4.79 Å². The van der Waals surface area contributed by atoms with E-state index >= 15 is 0 Å². The minimum atomic E-state index is 0.164. The highest BCUT2D eigenvalue weighted by molar-refractivity contribution is 6.30. The Morgan fingerprint density at radius 3 is 2.76 bits per heavy atom. The second-order valence-electron chi connectivity index (χ2n) is 6.82. The molecule has 1 saturated heterocycles. The monoisotopic (exact) mass is 362 g/mol. The van der Waals surface area contributed by atoms with Crippen LogP contribution in [0.4, 0.5) is 0 Å². The highest BCUT2D eigenvalue weighted by atomic mass is 35.5. The Labute approximate surface area is 153 Å². The van der Waals surface area contributed by atoms with Crippen LogP contribution in [0.3, 0.4) is 0 Å². The maximum Gasteiger partial charge on any atom is 0.277 e. The zero-order valence-corrected chi connectivity index (χ0v) is 15.8. The maximum atomic E-state index is 12.4. The van der Waals surface area contributed by atoms with Crippen molar-refractivity contribution in [3.05, 3.63) is 40.0 Å². The number of hydrogen-bond acceptors (Lipinski definition) is 3. The van der Waals surface area contributed by atoms with E-state index in [0.29, 0.717) is 44.5 Å². The summed E-state index contributed by atoms with van der Waals surface area (Å²) in [6.07, 6.45) is 0. The van der Waals surface area contributed by atoms with Gasteiger partial charge in [0.1, 0.15) is 11.7 Å². The summed E-state index contributed by atoms with van der Waals surface area (Å²) in [7, 11) is 2.01. The molecule has 1 aliphatic rings. The number of quaternary nitrogens is 1. The number of rotatable bonds is 4. The second-order valence-corrected chi connectivity index (χ2v) is 7.18. The summed E-state index contributed by atoms with van der Waals surface area (Å²) in [6, 6.07) is 6.29. The molecule has 0 bridgehead atoms. The number of likely N-dealkylation sites (N-methyl/N-ethyl adjacent to an activating group) is 1. The first-order valence-electron chi connectivity index (χ1n) is 8.68. The van der Waals surface area contributed by atoms with Gasteiger partial charge < -0.3 is 14.5 Å². The Hall–Kier alpha value is -1.69. The zero-order valence-electron chi connectivity index (χ0n) is 15.1. The van der Waals surface area contributed by atoms with E-state index in [-0.39, 0.29) is 5.91 Å². The van der Waals surface area contributed by atoms with Crippen LogP contribution >= 0.6 is 11.6 Å². The van der Waals surface area contributed by atoms with Crippen LogP contribution in [0.1, 0.15) is 16.7 Å². The van der Waals surface area contributed by atoms with Crippen molar-refractivity contribution in [3.8, 4) is 0 Å². The number of nitrogens with zero attached hydrogens (tertiary/aromatic N) is 2. The Bertz CT molecular complexity index is 788. The Balaban J connectivity index is 1.72. The summed E-state index contributed by atoms with van der Waals surface area (Å²) < 4.78 is 5.30. The van der Waals surface area contributed by atoms with Gasteiger partial charge in [0.25, 0.3) is 5.91 Å². The van der Waals surface area contributed by atoms with Gasteiger partial charge >= 0.3 is 0 Å². The van der Waals surface area contributed by atoms with E-state index in [2.05, 4.69) is 37.0 Å².